The van der Waals surface area contributed by atoms with Gasteiger partial charge in [-0.1, -0.05) is 0 Å². The van der Waals surface area contributed by atoms with Gasteiger partial charge < -0.3 is 15.1 Å². The van der Waals surface area contributed by atoms with Crippen LogP contribution in [0, 0.1) is 0 Å². The van der Waals surface area contributed by atoms with Gasteiger partial charge in [0.1, 0.15) is 0 Å². The fraction of sp³-hybridized carbons (Fsp3) is 0.875. The van der Waals surface area contributed by atoms with Crippen LogP contribution < -0.4 is 5.32 Å². The van der Waals surface area contributed by atoms with E-state index in [1.54, 1.807) is 0 Å². The van der Waals surface area contributed by atoms with Crippen molar-refractivity contribution in [3.8, 4) is 0 Å². The lowest BCUT2D eigenvalue weighted by Crippen LogP contribution is -2.54. The van der Waals surface area contributed by atoms with E-state index in [4.69, 9.17) is 0 Å². The second kappa shape index (κ2) is 9.26. The summed E-state index contributed by atoms with van der Waals surface area (Å²) in [6.45, 7) is 7.12. The topological polar surface area (TPSA) is 51.2 Å². The number of carbonyl (C=O) groups is 1. The number of nitrogens with zero attached hydrogens (tertiary/aromatic N) is 4. The van der Waals surface area contributed by atoms with Gasteiger partial charge in [-0.25, -0.2) is 0 Å². The monoisotopic (exact) mass is 363 g/mol. The smallest absolute Gasteiger partial charge is 0.357 e. The third kappa shape index (κ3) is 6.72. The van der Waals surface area contributed by atoms with Gasteiger partial charge >= 0.3 is 6.18 Å². The summed E-state index contributed by atoms with van der Waals surface area (Å²) in [5.41, 5.74) is 0. The van der Waals surface area contributed by atoms with Crippen LogP contribution in [-0.2, 0) is 4.79 Å². The van der Waals surface area contributed by atoms with Gasteiger partial charge in [0, 0.05) is 45.8 Å². The van der Waals surface area contributed by atoms with Crippen molar-refractivity contribution in [3.05, 3.63) is 0 Å². The number of rotatable bonds is 5. The Morgan fingerprint density at radius 2 is 1.68 bits per heavy atom. The first kappa shape index (κ1) is 19.8. The Bertz CT molecular complexity index is 455. The molecular weight excluding hydrogens is 335 g/mol. The molecule has 2 fully saturated rings. The van der Waals surface area contributed by atoms with Crippen LogP contribution in [0.15, 0.2) is 4.99 Å². The van der Waals surface area contributed by atoms with Gasteiger partial charge in [-0.3, -0.25) is 14.7 Å². The lowest BCUT2D eigenvalue weighted by molar-refractivity contribution is -0.132. The van der Waals surface area contributed by atoms with Crippen molar-refractivity contribution in [2.75, 3.05) is 58.9 Å². The van der Waals surface area contributed by atoms with Gasteiger partial charge in [-0.15, -0.1) is 0 Å². The summed E-state index contributed by atoms with van der Waals surface area (Å²) in [6.07, 6.45) is -2.93. The molecule has 0 aliphatic carbocycles. The summed E-state index contributed by atoms with van der Waals surface area (Å²) < 4.78 is 36.9. The molecule has 0 aromatic heterocycles. The van der Waals surface area contributed by atoms with Crippen molar-refractivity contribution in [2.45, 2.75) is 32.4 Å². The molecule has 2 rings (SSSR count). The van der Waals surface area contributed by atoms with E-state index in [-0.39, 0.29) is 12.5 Å². The number of amides is 1. The zero-order valence-electron chi connectivity index (χ0n) is 14.8. The predicted octanol–water partition coefficient (Wildman–Crippen LogP) is 1.14. The first-order chi connectivity index (χ1) is 11.9. The number of halogens is 3. The third-order valence-electron chi connectivity index (χ3n) is 4.48. The van der Waals surface area contributed by atoms with Gasteiger partial charge in [0.05, 0.1) is 19.5 Å². The average Bonchev–Trinajstić information content (AvgIpc) is 3.08. The standard InChI is InChI=1S/C16H28F3N5O/c1-2-20-15(21-6-5-16(17,18)19)24-11-9-22(10-12-24)13-14(25)23-7-3-4-8-23/h2-13H2,1H3,(H,20,21). The fourth-order valence-corrected chi connectivity index (χ4v) is 3.09. The van der Waals surface area contributed by atoms with Crippen LogP contribution in [0.25, 0.3) is 0 Å². The number of aliphatic imine (C=N–C) groups is 1. The SMILES string of the molecule is CCNC(=NCCC(F)(F)F)N1CCN(CC(=O)N2CCCC2)CC1. The third-order valence-corrected chi connectivity index (χ3v) is 4.48. The molecule has 6 nitrogen and oxygen atoms in total. The van der Waals surface area contributed by atoms with Gasteiger partial charge in [0.15, 0.2) is 5.96 Å². The minimum atomic E-state index is -4.19. The van der Waals surface area contributed by atoms with E-state index in [9.17, 15) is 18.0 Å². The number of alkyl halides is 3. The fourth-order valence-electron chi connectivity index (χ4n) is 3.09. The molecule has 0 bridgehead atoms. The molecule has 2 aliphatic heterocycles. The lowest BCUT2D eigenvalue weighted by Gasteiger charge is -2.36. The molecule has 144 valence electrons. The highest BCUT2D eigenvalue weighted by Gasteiger charge is 2.27. The van der Waals surface area contributed by atoms with Crippen molar-refractivity contribution < 1.29 is 18.0 Å². The van der Waals surface area contributed by atoms with Crippen LogP contribution in [0.5, 0.6) is 0 Å². The van der Waals surface area contributed by atoms with Crippen LogP contribution in [0.2, 0.25) is 0 Å². The van der Waals surface area contributed by atoms with E-state index >= 15 is 0 Å². The highest BCUT2D eigenvalue weighted by Crippen LogP contribution is 2.19. The summed E-state index contributed by atoms with van der Waals surface area (Å²) in [7, 11) is 0. The molecular formula is C16H28F3N5O. The Kier molecular flexibility index (Phi) is 7.34. The second-order valence-corrected chi connectivity index (χ2v) is 6.45. The van der Waals surface area contributed by atoms with Crippen molar-refractivity contribution in [1.82, 2.24) is 20.0 Å². The van der Waals surface area contributed by atoms with Gasteiger partial charge in [-0.05, 0) is 19.8 Å². The number of carbonyl (C=O) groups excluding carboxylic acids is 1. The highest BCUT2D eigenvalue weighted by molar-refractivity contribution is 5.80. The lowest BCUT2D eigenvalue weighted by atomic mass is 10.3. The normalized spacial score (nSPS) is 20.2. The van der Waals surface area contributed by atoms with E-state index < -0.39 is 12.6 Å². The van der Waals surface area contributed by atoms with Crippen LogP contribution in [-0.4, -0.2) is 91.6 Å². The molecule has 0 atom stereocenters. The molecule has 1 N–H and O–H groups in total. The second-order valence-electron chi connectivity index (χ2n) is 6.45. The molecule has 2 aliphatic rings. The van der Waals surface area contributed by atoms with Crippen LogP contribution >= 0.6 is 0 Å². The first-order valence-corrected chi connectivity index (χ1v) is 8.99. The van der Waals surface area contributed by atoms with Crippen molar-refractivity contribution in [3.63, 3.8) is 0 Å². The van der Waals surface area contributed by atoms with Gasteiger partial charge in [0.2, 0.25) is 5.91 Å². The van der Waals surface area contributed by atoms with Crippen LogP contribution in [0.4, 0.5) is 13.2 Å². The number of likely N-dealkylation sites (tertiary alicyclic amines) is 1. The van der Waals surface area contributed by atoms with Gasteiger partial charge in [-0.2, -0.15) is 13.2 Å². The Morgan fingerprint density at radius 3 is 2.24 bits per heavy atom. The maximum absolute atomic E-state index is 12.3. The molecule has 0 radical (unpaired) electrons. The van der Waals surface area contributed by atoms with Crippen molar-refractivity contribution >= 4 is 11.9 Å². The van der Waals surface area contributed by atoms with E-state index in [1.165, 1.54) is 0 Å². The highest BCUT2D eigenvalue weighted by atomic mass is 19.4. The first-order valence-electron chi connectivity index (χ1n) is 8.99. The molecule has 2 saturated heterocycles. The molecule has 0 saturated carbocycles. The zero-order chi connectivity index (χ0) is 18.3. The van der Waals surface area contributed by atoms with Crippen LogP contribution in [0.3, 0.4) is 0 Å². The maximum Gasteiger partial charge on any atom is 0.390 e. The van der Waals surface area contributed by atoms with Crippen LogP contribution in [0.1, 0.15) is 26.2 Å². The molecule has 0 aromatic rings. The number of hydrogen-bond donors (Lipinski definition) is 1. The molecule has 0 aromatic carbocycles. The van der Waals surface area contributed by atoms with Gasteiger partial charge in [0.25, 0.3) is 0 Å². The number of nitrogens with one attached hydrogen (secondary N) is 1. The van der Waals surface area contributed by atoms with Crippen molar-refractivity contribution in [2.24, 2.45) is 4.99 Å². The minimum Gasteiger partial charge on any atom is -0.357 e. The molecule has 9 heteroatoms. The van der Waals surface area contributed by atoms with E-state index in [0.717, 1.165) is 25.9 Å². The van der Waals surface area contributed by atoms with E-state index in [2.05, 4.69) is 15.2 Å². The Labute approximate surface area is 147 Å². The number of piperazine rings is 1. The molecule has 0 unspecified atom stereocenters. The Hall–Kier alpha value is -1.51. The van der Waals surface area contributed by atoms with E-state index in [0.29, 0.717) is 45.2 Å². The molecule has 0 spiro atoms. The summed E-state index contributed by atoms with van der Waals surface area (Å²) in [4.78, 5) is 22.3. The Morgan fingerprint density at radius 1 is 1.04 bits per heavy atom. The van der Waals surface area contributed by atoms with Crippen molar-refractivity contribution in [1.29, 1.82) is 0 Å². The molecule has 2 heterocycles. The largest absolute Gasteiger partial charge is 0.390 e. The zero-order valence-corrected chi connectivity index (χ0v) is 14.8. The maximum atomic E-state index is 12.3. The Balaban J connectivity index is 1.79. The number of hydrogen-bond acceptors (Lipinski definition) is 3. The predicted molar refractivity (Wildman–Crippen MR) is 90.5 cm³/mol. The summed E-state index contributed by atoms with van der Waals surface area (Å²) >= 11 is 0. The summed E-state index contributed by atoms with van der Waals surface area (Å²) in [5, 5.41) is 3.05. The summed E-state index contributed by atoms with van der Waals surface area (Å²) in [6, 6.07) is 0. The molecule has 25 heavy (non-hydrogen) atoms. The average molecular weight is 363 g/mol. The minimum absolute atomic E-state index is 0.178. The summed E-state index contributed by atoms with van der Waals surface area (Å²) in [5.74, 6) is 0.703. The molecule has 1 amide bonds. The quantitative estimate of drug-likeness (QED) is 0.588. The van der Waals surface area contributed by atoms with E-state index in [1.807, 2.05) is 16.7 Å². The number of guanidine groups is 1.